The fourth-order valence-electron chi connectivity index (χ4n) is 5.23. The van der Waals surface area contributed by atoms with Crippen molar-refractivity contribution in [3.05, 3.63) is 65.5 Å². The average Bonchev–Trinajstić information content (AvgIpc) is 3.15. The van der Waals surface area contributed by atoms with Gasteiger partial charge in [0.15, 0.2) is 0 Å². The molecule has 1 fully saturated rings. The summed E-state index contributed by atoms with van der Waals surface area (Å²) < 4.78 is 0. The maximum absolute atomic E-state index is 13.4. The molecule has 0 spiro atoms. The van der Waals surface area contributed by atoms with Crippen LogP contribution in [0.2, 0.25) is 0 Å². The van der Waals surface area contributed by atoms with Crippen molar-refractivity contribution < 1.29 is 4.79 Å². The van der Waals surface area contributed by atoms with E-state index in [0.717, 1.165) is 36.0 Å². The van der Waals surface area contributed by atoms with E-state index >= 15 is 0 Å². The van der Waals surface area contributed by atoms with Crippen LogP contribution in [-0.2, 0) is 5.41 Å². The Kier molecular flexibility index (Phi) is 3.64. The Morgan fingerprint density at radius 2 is 2.07 bits per heavy atom. The number of nitrogens with zero attached hydrogens (tertiary/aromatic N) is 2. The molecule has 0 unspecified atom stereocenters. The number of likely N-dealkylation sites (tertiary alicyclic amines) is 1. The molecule has 0 radical (unpaired) electrons. The zero-order valence-corrected chi connectivity index (χ0v) is 15.9. The number of H-pyrrole nitrogens is 1. The van der Waals surface area contributed by atoms with Crippen LogP contribution in [0.4, 0.5) is 0 Å². The Bertz CT molecular complexity index is 1020. The molecule has 1 N–H and O–H groups in total. The molecule has 3 aromatic rings. The summed E-state index contributed by atoms with van der Waals surface area (Å²) in [6, 6.07) is 14.9. The largest absolute Gasteiger partial charge is 0.345 e. The minimum Gasteiger partial charge on any atom is -0.345 e. The summed E-state index contributed by atoms with van der Waals surface area (Å²) in [4.78, 5) is 23.0. The summed E-state index contributed by atoms with van der Waals surface area (Å²) in [6.07, 6.45) is 4.93. The lowest BCUT2D eigenvalue weighted by molar-refractivity contribution is 0.0497. The highest BCUT2D eigenvalue weighted by Crippen LogP contribution is 2.48. The lowest BCUT2D eigenvalue weighted by Crippen LogP contribution is -2.52. The highest BCUT2D eigenvalue weighted by atomic mass is 16.2. The molecule has 1 aliphatic carbocycles. The summed E-state index contributed by atoms with van der Waals surface area (Å²) >= 11 is 0. The standard InChI is InChI=1S/C23H25N3O/c1-23(2)13-21-17(16-6-3-4-8-18(16)23)7-5-11-26(21)22(27)15-9-10-19-20(12-15)25-14-24-19/h3-4,6,8-10,12,14,17,21H,5,7,11,13H2,1-2H3,(H,24,25)/t17-,21+/m1/s1. The smallest absolute Gasteiger partial charge is 0.254 e. The van der Waals surface area contributed by atoms with Crippen molar-refractivity contribution in [2.75, 3.05) is 6.54 Å². The normalized spacial score (nSPS) is 23.7. The number of nitrogens with one attached hydrogen (secondary N) is 1. The van der Waals surface area contributed by atoms with E-state index in [9.17, 15) is 4.79 Å². The van der Waals surface area contributed by atoms with Gasteiger partial charge in [-0.1, -0.05) is 38.1 Å². The first-order valence-electron chi connectivity index (χ1n) is 9.88. The van der Waals surface area contributed by atoms with Crippen LogP contribution in [-0.4, -0.2) is 33.4 Å². The third-order valence-corrected chi connectivity index (χ3v) is 6.52. The van der Waals surface area contributed by atoms with E-state index in [1.54, 1.807) is 6.33 Å². The second-order valence-electron chi connectivity index (χ2n) is 8.62. The zero-order valence-electron chi connectivity index (χ0n) is 15.9. The van der Waals surface area contributed by atoms with Gasteiger partial charge in [-0.2, -0.15) is 0 Å². The number of aromatic nitrogens is 2. The Morgan fingerprint density at radius 3 is 2.96 bits per heavy atom. The molecule has 0 bridgehead atoms. The maximum atomic E-state index is 13.4. The number of hydrogen-bond donors (Lipinski definition) is 1. The van der Waals surface area contributed by atoms with Crippen molar-refractivity contribution in [1.82, 2.24) is 14.9 Å². The van der Waals surface area contributed by atoms with E-state index < -0.39 is 0 Å². The SMILES string of the molecule is CC1(C)C[C@H]2[C@H](CCCN2C(=O)c2ccc3nc[nH]c3c2)c2ccccc21. The molecular formula is C23H25N3O. The van der Waals surface area contributed by atoms with Crippen molar-refractivity contribution in [2.45, 2.75) is 50.5 Å². The first-order chi connectivity index (χ1) is 13.0. The molecule has 2 atom stereocenters. The van der Waals surface area contributed by atoms with Crippen molar-refractivity contribution in [1.29, 1.82) is 0 Å². The highest BCUT2D eigenvalue weighted by Gasteiger charge is 2.44. The van der Waals surface area contributed by atoms with Crippen molar-refractivity contribution >= 4 is 16.9 Å². The number of piperidine rings is 1. The van der Waals surface area contributed by atoms with Gasteiger partial charge in [-0.15, -0.1) is 0 Å². The number of benzene rings is 2. The molecule has 5 rings (SSSR count). The molecule has 1 aromatic heterocycles. The minimum atomic E-state index is 0.0843. The lowest BCUT2D eigenvalue weighted by atomic mass is 9.64. The topological polar surface area (TPSA) is 49.0 Å². The highest BCUT2D eigenvalue weighted by molar-refractivity contribution is 5.97. The van der Waals surface area contributed by atoms with Crippen LogP contribution in [0.15, 0.2) is 48.8 Å². The summed E-state index contributed by atoms with van der Waals surface area (Å²) in [5.74, 6) is 0.596. The number of hydrogen-bond acceptors (Lipinski definition) is 2. The van der Waals surface area contributed by atoms with E-state index in [0.29, 0.717) is 5.92 Å². The van der Waals surface area contributed by atoms with Crippen LogP contribution >= 0.6 is 0 Å². The van der Waals surface area contributed by atoms with E-state index in [-0.39, 0.29) is 17.4 Å². The van der Waals surface area contributed by atoms with Crippen LogP contribution in [0.3, 0.4) is 0 Å². The number of carbonyl (C=O) groups is 1. The first kappa shape index (κ1) is 16.5. The van der Waals surface area contributed by atoms with Gasteiger partial charge in [0.1, 0.15) is 0 Å². The number of imidazole rings is 1. The van der Waals surface area contributed by atoms with Gasteiger partial charge < -0.3 is 9.88 Å². The number of aromatic amines is 1. The molecule has 138 valence electrons. The molecule has 2 aliphatic rings. The molecule has 4 nitrogen and oxygen atoms in total. The van der Waals surface area contributed by atoms with E-state index in [2.05, 4.69) is 53.0 Å². The van der Waals surface area contributed by atoms with Crippen LogP contribution in [0.25, 0.3) is 11.0 Å². The summed E-state index contributed by atoms with van der Waals surface area (Å²) in [7, 11) is 0. The second-order valence-corrected chi connectivity index (χ2v) is 8.62. The summed E-state index contributed by atoms with van der Waals surface area (Å²) in [5, 5.41) is 0. The molecule has 4 heteroatoms. The van der Waals surface area contributed by atoms with Gasteiger partial charge in [0.2, 0.25) is 0 Å². The number of amides is 1. The first-order valence-corrected chi connectivity index (χ1v) is 9.88. The van der Waals surface area contributed by atoms with Crippen LogP contribution in [0, 0.1) is 0 Å². The van der Waals surface area contributed by atoms with E-state index in [1.807, 2.05) is 18.2 Å². The fourth-order valence-corrected chi connectivity index (χ4v) is 5.23. The van der Waals surface area contributed by atoms with Gasteiger partial charge in [-0.05, 0) is 54.0 Å². The molecule has 2 heterocycles. The van der Waals surface area contributed by atoms with Crippen molar-refractivity contribution in [3.8, 4) is 0 Å². The predicted octanol–water partition coefficient (Wildman–Crippen LogP) is 4.63. The molecule has 1 aliphatic heterocycles. The molecular weight excluding hydrogens is 334 g/mol. The Labute approximate surface area is 159 Å². The monoisotopic (exact) mass is 359 g/mol. The average molecular weight is 359 g/mol. The van der Waals surface area contributed by atoms with Gasteiger partial charge in [0.05, 0.1) is 17.4 Å². The third-order valence-electron chi connectivity index (χ3n) is 6.52. The zero-order chi connectivity index (χ0) is 18.6. The van der Waals surface area contributed by atoms with Gasteiger partial charge in [-0.25, -0.2) is 4.98 Å². The Balaban J connectivity index is 1.53. The van der Waals surface area contributed by atoms with Crippen molar-refractivity contribution in [2.24, 2.45) is 0 Å². The third kappa shape index (κ3) is 2.58. The van der Waals surface area contributed by atoms with Gasteiger partial charge in [0, 0.05) is 24.1 Å². The minimum absolute atomic E-state index is 0.0843. The second kappa shape index (κ2) is 5.95. The predicted molar refractivity (Wildman–Crippen MR) is 107 cm³/mol. The summed E-state index contributed by atoms with van der Waals surface area (Å²) in [5.41, 5.74) is 5.56. The number of rotatable bonds is 1. The van der Waals surface area contributed by atoms with Crippen molar-refractivity contribution in [3.63, 3.8) is 0 Å². The molecule has 1 amide bonds. The Morgan fingerprint density at radius 1 is 1.22 bits per heavy atom. The van der Waals surface area contributed by atoms with Crippen LogP contribution in [0.5, 0.6) is 0 Å². The summed E-state index contributed by atoms with van der Waals surface area (Å²) in [6.45, 7) is 5.48. The Hall–Kier alpha value is -2.62. The van der Waals surface area contributed by atoms with Crippen LogP contribution < -0.4 is 0 Å². The maximum Gasteiger partial charge on any atom is 0.254 e. The van der Waals surface area contributed by atoms with E-state index in [4.69, 9.17) is 0 Å². The molecule has 0 saturated carbocycles. The van der Waals surface area contributed by atoms with E-state index in [1.165, 1.54) is 17.5 Å². The van der Waals surface area contributed by atoms with Gasteiger partial charge in [0.25, 0.3) is 5.91 Å². The molecule has 27 heavy (non-hydrogen) atoms. The lowest BCUT2D eigenvalue weighted by Gasteiger charge is -2.50. The van der Waals surface area contributed by atoms with Gasteiger partial charge in [-0.3, -0.25) is 4.79 Å². The van der Waals surface area contributed by atoms with Crippen LogP contribution in [0.1, 0.15) is 60.5 Å². The quantitative estimate of drug-likeness (QED) is 0.688. The fraction of sp³-hybridized carbons (Fsp3) is 0.391. The molecule has 1 saturated heterocycles. The number of fused-ring (bicyclic) bond motifs is 4. The van der Waals surface area contributed by atoms with Gasteiger partial charge >= 0.3 is 0 Å². The molecule has 2 aromatic carbocycles. The number of carbonyl (C=O) groups excluding carboxylic acids is 1.